The normalized spacial score (nSPS) is 17.8. The third kappa shape index (κ3) is 4.68. The number of amides is 2. The van der Waals surface area contributed by atoms with Crippen LogP contribution in [0.1, 0.15) is 30.2 Å². The molecule has 0 radical (unpaired) electrons. The monoisotopic (exact) mass is 429 g/mol. The molecule has 0 bridgehead atoms. The fourth-order valence-corrected chi connectivity index (χ4v) is 4.38. The Morgan fingerprint density at radius 2 is 1.93 bits per heavy atom. The molecule has 0 aliphatic carbocycles. The Morgan fingerprint density at radius 3 is 2.63 bits per heavy atom. The van der Waals surface area contributed by atoms with Gasteiger partial charge in [0.05, 0.1) is 25.3 Å². The molecule has 2 fully saturated rings. The summed E-state index contributed by atoms with van der Waals surface area (Å²) in [6.45, 7) is 2.54. The minimum absolute atomic E-state index is 0.0544. The van der Waals surface area contributed by atoms with Crippen LogP contribution in [0.15, 0.2) is 35.7 Å². The van der Waals surface area contributed by atoms with Crippen molar-refractivity contribution < 1.29 is 23.9 Å². The van der Waals surface area contributed by atoms with Crippen molar-refractivity contribution in [1.29, 1.82) is 0 Å². The number of thiazole rings is 1. The van der Waals surface area contributed by atoms with Gasteiger partial charge in [0.15, 0.2) is 5.13 Å². The molecular formula is C21H23N3O5S. The van der Waals surface area contributed by atoms with Gasteiger partial charge in [0.1, 0.15) is 0 Å². The third-order valence-electron chi connectivity index (χ3n) is 5.07. The van der Waals surface area contributed by atoms with Gasteiger partial charge in [0, 0.05) is 37.0 Å². The van der Waals surface area contributed by atoms with E-state index in [9.17, 15) is 14.4 Å². The van der Waals surface area contributed by atoms with E-state index in [0.29, 0.717) is 55.7 Å². The predicted octanol–water partition coefficient (Wildman–Crippen LogP) is 1.96. The maximum atomic E-state index is 13.0. The third-order valence-corrected chi connectivity index (χ3v) is 5.98. The number of carbonyl (C=O) groups is 3. The average Bonchev–Trinajstić information content (AvgIpc) is 3.41. The molecule has 1 unspecified atom stereocenters. The second-order valence-electron chi connectivity index (χ2n) is 7.17. The molecule has 0 saturated carbocycles. The van der Waals surface area contributed by atoms with Gasteiger partial charge in [0.2, 0.25) is 12.0 Å². The lowest BCUT2D eigenvalue weighted by molar-refractivity contribution is -0.162. The van der Waals surface area contributed by atoms with Gasteiger partial charge in [0.25, 0.3) is 5.91 Å². The first-order valence-electron chi connectivity index (χ1n) is 9.97. The van der Waals surface area contributed by atoms with Crippen LogP contribution >= 0.6 is 11.3 Å². The van der Waals surface area contributed by atoms with Gasteiger partial charge in [-0.15, -0.1) is 11.3 Å². The van der Waals surface area contributed by atoms with Gasteiger partial charge in [-0.05, 0) is 6.42 Å². The first-order chi connectivity index (χ1) is 14.6. The fraction of sp³-hybridized carbons (Fsp3) is 0.429. The second kappa shape index (κ2) is 9.36. The highest BCUT2D eigenvalue weighted by Crippen LogP contribution is 2.26. The van der Waals surface area contributed by atoms with Crippen molar-refractivity contribution >= 4 is 34.3 Å². The Morgan fingerprint density at radius 1 is 1.17 bits per heavy atom. The van der Waals surface area contributed by atoms with Crippen LogP contribution < -0.4 is 4.90 Å². The number of nitrogens with zero attached hydrogens (tertiary/aromatic N) is 3. The quantitative estimate of drug-likeness (QED) is 0.652. The van der Waals surface area contributed by atoms with Crippen LogP contribution in [-0.2, 0) is 30.3 Å². The highest BCUT2D eigenvalue weighted by Gasteiger charge is 2.31. The SMILES string of the molecule is O=C(Cc1csc(N2CCCC2=O)n1)OC(C(=O)N1CCOCC1)c1ccccc1. The number of benzene rings is 1. The summed E-state index contributed by atoms with van der Waals surface area (Å²) in [7, 11) is 0. The van der Waals surface area contributed by atoms with Crippen LogP contribution in [0.4, 0.5) is 5.13 Å². The zero-order chi connectivity index (χ0) is 20.9. The molecule has 4 rings (SSSR count). The number of rotatable bonds is 6. The first kappa shape index (κ1) is 20.5. The van der Waals surface area contributed by atoms with E-state index in [2.05, 4.69) is 4.98 Å². The summed E-state index contributed by atoms with van der Waals surface area (Å²) in [5, 5.41) is 2.35. The molecule has 158 valence electrons. The molecule has 8 nitrogen and oxygen atoms in total. The minimum atomic E-state index is -1.00. The van der Waals surface area contributed by atoms with Crippen molar-refractivity contribution in [3.8, 4) is 0 Å². The lowest BCUT2D eigenvalue weighted by atomic mass is 10.1. The molecule has 1 aromatic carbocycles. The molecule has 9 heteroatoms. The first-order valence-corrected chi connectivity index (χ1v) is 10.9. The number of ether oxygens (including phenoxy) is 2. The topological polar surface area (TPSA) is 89.0 Å². The molecule has 2 aliphatic heterocycles. The van der Waals surface area contributed by atoms with E-state index < -0.39 is 12.1 Å². The Labute approximate surface area is 178 Å². The van der Waals surface area contributed by atoms with Crippen molar-refractivity contribution in [3.05, 3.63) is 47.0 Å². The molecule has 2 saturated heterocycles. The van der Waals surface area contributed by atoms with E-state index in [-0.39, 0.29) is 18.2 Å². The number of morpholine rings is 1. The molecule has 0 N–H and O–H groups in total. The van der Waals surface area contributed by atoms with Gasteiger partial charge in [-0.3, -0.25) is 19.3 Å². The standard InChI is InChI=1S/C21H23N3O5S/c25-17-7-4-8-24(17)21-22-16(14-30-21)13-18(26)29-19(15-5-2-1-3-6-15)20(27)23-9-11-28-12-10-23/h1-3,5-6,14,19H,4,7-13H2. The van der Waals surface area contributed by atoms with Crippen LogP contribution in [-0.4, -0.2) is 60.5 Å². The van der Waals surface area contributed by atoms with E-state index in [0.717, 1.165) is 6.42 Å². The molecule has 1 atom stereocenters. The molecule has 1 aromatic heterocycles. The van der Waals surface area contributed by atoms with E-state index in [4.69, 9.17) is 9.47 Å². The van der Waals surface area contributed by atoms with Gasteiger partial charge in [-0.25, -0.2) is 4.98 Å². The summed E-state index contributed by atoms with van der Waals surface area (Å²) < 4.78 is 10.9. The number of aromatic nitrogens is 1. The van der Waals surface area contributed by atoms with Gasteiger partial charge < -0.3 is 14.4 Å². The van der Waals surface area contributed by atoms with Crippen molar-refractivity contribution in [2.24, 2.45) is 0 Å². The summed E-state index contributed by atoms with van der Waals surface area (Å²) in [6, 6.07) is 9.01. The Bertz CT molecular complexity index is 910. The highest BCUT2D eigenvalue weighted by molar-refractivity contribution is 7.14. The molecule has 0 spiro atoms. The van der Waals surface area contributed by atoms with Crippen molar-refractivity contribution in [3.63, 3.8) is 0 Å². The Balaban J connectivity index is 1.44. The average molecular weight is 429 g/mol. The molecular weight excluding hydrogens is 406 g/mol. The maximum Gasteiger partial charge on any atom is 0.313 e. The smallest absolute Gasteiger partial charge is 0.313 e. The summed E-state index contributed by atoms with van der Waals surface area (Å²) in [5.41, 5.74) is 1.16. The summed E-state index contributed by atoms with van der Waals surface area (Å²) >= 11 is 1.33. The zero-order valence-electron chi connectivity index (χ0n) is 16.5. The molecule has 2 aliphatic rings. The van der Waals surface area contributed by atoms with Crippen LogP contribution in [0.25, 0.3) is 0 Å². The van der Waals surface area contributed by atoms with E-state index in [1.807, 2.05) is 18.2 Å². The van der Waals surface area contributed by atoms with Crippen molar-refractivity contribution in [2.45, 2.75) is 25.4 Å². The molecule has 2 aromatic rings. The Kier molecular flexibility index (Phi) is 6.39. The molecule has 2 amide bonds. The number of anilines is 1. The Hall–Kier alpha value is -2.78. The number of hydrogen-bond acceptors (Lipinski definition) is 7. The van der Waals surface area contributed by atoms with E-state index in [1.54, 1.807) is 27.3 Å². The highest BCUT2D eigenvalue weighted by atomic mass is 32.1. The van der Waals surface area contributed by atoms with Gasteiger partial charge >= 0.3 is 5.97 Å². The number of esters is 1. The van der Waals surface area contributed by atoms with Crippen molar-refractivity contribution in [2.75, 3.05) is 37.7 Å². The van der Waals surface area contributed by atoms with Gasteiger partial charge in [-0.1, -0.05) is 30.3 Å². The lowest BCUT2D eigenvalue weighted by Gasteiger charge is -2.30. The number of carbonyl (C=O) groups excluding carboxylic acids is 3. The second-order valence-corrected chi connectivity index (χ2v) is 8.00. The summed E-state index contributed by atoms with van der Waals surface area (Å²) in [5.74, 6) is -0.728. The van der Waals surface area contributed by atoms with Crippen LogP contribution in [0.3, 0.4) is 0 Å². The molecule has 3 heterocycles. The van der Waals surface area contributed by atoms with E-state index >= 15 is 0 Å². The van der Waals surface area contributed by atoms with Crippen molar-refractivity contribution in [1.82, 2.24) is 9.88 Å². The fourth-order valence-electron chi connectivity index (χ4n) is 3.51. The lowest BCUT2D eigenvalue weighted by Crippen LogP contribution is -2.44. The van der Waals surface area contributed by atoms with E-state index in [1.165, 1.54) is 11.3 Å². The predicted molar refractivity (Wildman–Crippen MR) is 110 cm³/mol. The van der Waals surface area contributed by atoms with Crippen LogP contribution in [0.2, 0.25) is 0 Å². The summed E-state index contributed by atoms with van der Waals surface area (Å²) in [4.78, 5) is 45.3. The van der Waals surface area contributed by atoms with Crippen LogP contribution in [0.5, 0.6) is 0 Å². The number of hydrogen-bond donors (Lipinski definition) is 0. The molecule has 30 heavy (non-hydrogen) atoms. The maximum absolute atomic E-state index is 13.0. The zero-order valence-corrected chi connectivity index (χ0v) is 17.3. The van der Waals surface area contributed by atoms with Crippen LogP contribution in [0, 0.1) is 0 Å². The van der Waals surface area contributed by atoms with Gasteiger partial charge in [-0.2, -0.15) is 0 Å². The largest absolute Gasteiger partial charge is 0.447 e. The summed E-state index contributed by atoms with van der Waals surface area (Å²) in [6.07, 6.45) is 0.283. The minimum Gasteiger partial charge on any atom is -0.447 e.